The van der Waals surface area contributed by atoms with Crippen LogP contribution in [-0.2, 0) is 10.0 Å². The Kier molecular flexibility index (Phi) is 7.17. The average molecular weight is 386 g/mol. The fourth-order valence-corrected chi connectivity index (χ4v) is 4.09. The van der Waals surface area contributed by atoms with E-state index in [-0.39, 0.29) is 17.8 Å². The number of benzene rings is 1. The van der Waals surface area contributed by atoms with Gasteiger partial charge in [0.05, 0.1) is 4.90 Å². The smallest absolute Gasteiger partial charge is 0.243 e. The number of rotatable bonds is 5. The second-order valence-corrected chi connectivity index (χ2v) is 8.43. The zero-order valence-electron chi connectivity index (χ0n) is 12.2. The normalized spacial score (nSPS) is 12.3. The first-order valence-electron chi connectivity index (χ1n) is 6.03. The van der Waals surface area contributed by atoms with E-state index in [2.05, 4.69) is 15.9 Å². The molecule has 0 aliphatic carbocycles. The highest BCUT2D eigenvalue weighted by atomic mass is 79.9. The van der Waals surface area contributed by atoms with Crippen LogP contribution in [-0.4, -0.2) is 32.9 Å². The molecule has 0 saturated carbocycles. The summed E-state index contributed by atoms with van der Waals surface area (Å²) in [5.74, 6) is 0. The minimum Gasteiger partial charge on any atom is -0.330 e. The highest BCUT2D eigenvalue weighted by molar-refractivity contribution is 9.10. The molecule has 0 aromatic heterocycles. The molecule has 4 nitrogen and oxygen atoms in total. The molecule has 0 fully saturated rings. The summed E-state index contributed by atoms with van der Waals surface area (Å²) in [6.45, 7) is 6.58. The van der Waals surface area contributed by atoms with Gasteiger partial charge in [-0.25, -0.2) is 12.7 Å². The molecule has 0 saturated heterocycles. The van der Waals surface area contributed by atoms with Crippen molar-refractivity contribution >= 4 is 38.4 Å². The molecule has 20 heavy (non-hydrogen) atoms. The number of nitrogens with zero attached hydrogens (tertiary/aromatic N) is 1. The van der Waals surface area contributed by atoms with Crippen molar-refractivity contribution in [1.82, 2.24) is 4.31 Å². The van der Waals surface area contributed by atoms with Crippen molar-refractivity contribution in [3.05, 3.63) is 28.2 Å². The molecule has 1 aromatic rings. The van der Waals surface area contributed by atoms with Gasteiger partial charge in [0.1, 0.15) is 0 Å². The maximum Gasteiger partial charge on any atom is 0.243 e. The van der Waals surface area contributed by atoms with Gasteiger partial charge in [-0.2, -0.15) is 0 Å². The van der Waals surface area contributed by atoms with Crippen LogP contribution in [0.4, 0.5) is 0 Å². The number of hydrogen-bond acceptors (Lipinski definition) is 3. The number of aryl methyl sites for hydroxylation is 1. The van der Waals surface area contributed by atoms with Crippen molar-refractivity contribution in [3.8, 4) is 0 Å². The third kappa shape index (κ3) is 4.70. The number of nitrogens with two attached hydrogens (primary N) is 1. The standard InChI is InChI=1S/C13H21BrN2O2S.ClH/c1-10-5-6-11(14)12(7-10)19(17,18)16(4)9-13(2,3)8-15;/h5-7H,8-9,15H2,1-4H3;1H. The van der Waals surface area contributed by atoms with Crippen LogP contribution in [0.5, 0.6) is 0 Å². The summed E-state index contributed by atoms with van der Waals surface area (Å²) in [7, 11) is -1.92. The van der Waals surface area contributed by atoms with Crippen LogP contribution < -0.4 is 5.73 Å². The molecular formula is C13H22BrClN2O2S. The lowest BCUT2D eigenvalue weighted by Gasteiger charge is -2.28. The van der Waals surface area contributed by atoms with Crippen molar-refractivity contribution < 1.29 is 8.42 Å². The largest absolute Gasteiger partial charge is 0.330 e. The molecule has 116 valence electrons. The first-order valence-corrected chi connectivity index (χ1v) is 8.26. The molecule has 0 bridgehead atoms. The molecule has 0 heterocycles. The Bertz CT molecular complexity index is 561. The summed E-state index contributed by atoms with van der Waals surface area (Å²) in [6.07, 6.45) is 0. The van der Waals surface area contributed by atoms with Gasteiger partial charge in [0.15, 0.2) is 0 Å². The average Bonchev–Trinajstić information content (AvgIpc) is 2.31. The Morgan fingerprint density at radius 1 is 1.35 bits per heavy atom. The summed E-state index contributed by atoms with van der Waals surface area (Å²) in [5.41, 5.74) is 6.32. The molecule has 2 N–H and O–H groups in total. The van der Waals surface area contributed by atoms with Crippen molar-refractivity contribution in [1.29, 1.82) is 0 Å². The predicted octanol–water partition coefficient (Wildman–Crippen LogP) is 2.78. The Hall–Kier alpha value is -0.140. The van der Waals surface area contributed by atoms with E-state index >= 15 is 0 Å². The topological polar surface area (TPSA) is 63.4 Å². The van der Waals surface area contributed by atoms with Crippen molar-refractivity contribution in [2.24, 2.45) is 11.1 Å². The lowest BCUT2D eigenvalue weighted by Crippen LogP contribution is -2.39. The maximum atomic E-state index is 12.6. The van der Waals surface area contributed by atoms with Crippen molar-refractivity contribution in [3.63, 3.8) is 0 Å². The second-order valence-electron chi connectivity index (χ2n) is 5.56. The third-order valence-electron chi connectivity index (χ3n) is 2.98. The molecule has 0 spiro atoms. The second kappa shape index (κ2) is 7.22. The first kappa shape index (κ1) is 19.9. The summed E-state index contributed by atoms with van der Waals surface area (Å²) < 4.78 is 27.0. The van der Waals surface area contributed by atoms with Crippen LogP contribution in [0.1, 0.15) is 19.4 Å². The molecule has 1 aromatic carbocycles. The molecule has 0 amide bonds. The fourth-order valence-electron chi connectivity index (χ4n) is 1.73. The molecule has 1 rings (SSSR count). The van der Waals surface area contributed by atoms with E-state index in [9.17, 15) is 8.42 Å². The van der Waals surface area contributed by atoms with Crippen LogP contribution in [0, 0.1) is 12.3 Å². The Labute approximate surface area is 136 Å². The van der Waals surface area contributed by atoms with E-state index in [1.165, 1.54) is 4.31 Å². The highest BCUT2D eigenvalue weighted by Gasteiger charge is 2.28. The van der Waals surface area contributed by atoms with Gasteiger partial charge in [-0.05, 0) is 52.5 Å². The minimum atomic E-state index is -3.50. The lowest BCUT2D eigenvalue weighted by molar-refractivity contribution is 0.292. The number of sulfonamides is 1. The Morgan fingerprint density at radius 3 is 2.40 bits per heavy atom. The lowest BCUT2D eigenvalue weighted by atomic mass is 9.94. The monoisotopic (exact) mass is 384 g/mol. The van der Waals surface area contributed by atoms with E-state index in [4.69, 9.17) is 5.73 Å². The van der Waals surface area contributed by atoms with Gasteiger partial charge in [0.25, 0.3) is 0 Å². The quantitative estimate of drug-likeness (QED) is 0.847. The zero-order valence-corrected chi connectivity index (χ0v) is 15.4. The van der Waals surface area contributed by atoms with E-state index < -0.39 is 10.0 Å². The molecule has 0 radical (unpaired) electrons. The molecule has 0 unspecified atom stereocenters. The van der Waals surface area contributed by atoms with Gasteiger partial charge in [0.2, 0.25) is 10.0 Å². The van der Waals surface area contributed by atoms with Gasteiger partial charge in [-0.15, -0.1) is 12.4 Å². The third-order valence-corrected chi connectivity index (χ3v) is 5.78. The van der Waals surface area contributed by atoms with Crippen LogP contribution in [0.2, 0.25) is 0 Å². The summed E-state index contributed by atoms with van der Waals surface area (Å²) >= 11 is 3.30. The van der Waals surface area contributed by atoms with Crippen LogP contribution >= 0.6 is 28.3 Å². The van der Waals surface area contributed by atoms with Crippen molar-refractivity contribution in [2.45, 2.75) is 25.7 Å². The predicted molar refractivity (Wildman–Crippen MR) is 88.8 cm³/mol. The molecule has 0 aliphatic heterocycles. The van der Waals surface area contributed by atoms with E-state index in [0.717, 1.165) is 5.56 Å². The zero-order chi connectivity index (χ0) is 14.8. The SMILES string of the molecule is Cc1ccc(Br)c(S(=O)(=O)N(C)CC(C)(C)CN)c1.Cl. The maximum absolute atomic E-state index is 12.6. The Balaban J connectivity index is 0.00000361. The number of halogens is 2. The molecule has 0 atom stereocenters. The van der Waals surface area contributed by atoms with Gasteiger partial charge < -0.3 is 5.73 Å². The van der Waals surface area contributed by atoms with Gasteiger partial charge in [0, 0.05) is 18.1 Å². The van der Waals surface area contributed by atoms with E-state index in [1.807, 2.05) is 26.8 Å². The van der Waals surface area contributed by atoms with Gasteiger partial charge in [-0.3, -0.25) is 0 Å². The highest BCUT2D eigenvalue weighted by Crippen LogP contribution is 2.27. The summed E-state index contributed by atoms with van der Waals surface area (Å²) in [5, 5.41) is 0. The Morgan fingerprint density at radius 2 is 1.90 bits per heavy atom. The van der Waals surface area contributed by atoms with Gasteiger partial charge >= 0.3 is 0 Å². The molecule has 0 aliphatic rings. The first-order chi connectivity index (χ1) is 8.60. The molecular weight excluding hydrogens is 364 g/mol. The van der Waals surface area contributed by atoms with E-state index in [0.29, 0.717) is 22.5 Å². The van der Waals surface area contributed by atoms with Crippen molar-refractivity contribution in [2.75, 3.05) is 20.1 Å². The van der Waals surface area contributed by atoms with Crippen LogP contribution in [0.3, 0.4) is 0 Å². The fraction of sp³-hybridized carbons (Fsp3) is 0.538. The minimum absolute atomic E-state index is 0. The summed E-state index contributed by atoms with van der Waals surface area (Å²) in [6, 6.07) is 5.29. The van der Waals surface area contributed by atoms with E-state index in [1.54, 1.807) is 19.2 Å². The molecule has 7 heteroatoms. The number of hydrogen-bond donors (Lipinski definition) is 1. The van der Waals surface area contributed by atoms with Crippen LogP contribution in [0.25, 0.3) is 0 Å². The summed E-state index contributed by atoms with van der Waals surface area (Å²) in [4.78, 5) is 0.294. The van der Waals surface area contributed by atoms with Crippen LogP contribution in [0.15, 0.2) is 27.6 Å². The van der Waals surface area contributed by atoms with Gasteiger partial charge in [-0.1, -0.05) is 19.9 Å².